The van der Waals surface area contributed by atoms with E-state index < -0.39 is 6.69 Å². The molecule has 0 aromatic carbocycles. The maximum Gasteiger partial charge on any atom is 0.273 e. The number of hydrogen-bond acceptors (Lipinski definition) is 0. The van der Waals surface area contributed by atoms with Gasteiger partial charge >= 0.3 is 0 Å². The molecule has 0 rings (SSSR count). The summed E-state index contributed by atoms with van der Waals surface area (Å²) >= 11 is 11.4. The Hall–Kier alpha value is 0.537. The normalized spacial score (nSPS) is 11.3. The van der Waals surface area contributed by atoms with Gasteiger partial charge in [0.2, 0.25) is 0 Å². The van der Waals surface area contributed by atoms with Crippen molar-refractivity contribution < 1.29 is 0 Å². The highest BCUT2D eigenvalue weighted by molar-refractivity contribution is 7.47. The lowest BCUT2D eigenvalue weighted by Gasteiger charge is -2.03. The van der Waals surface area contributed by atoms with Crippen LogP contribution in [0.1, 0.15) is 6.92 Å². The van der Waals surface area contributed by atoms with Crippen molar-refractivity contribution in [2.45, 2.75) is 13.0 Å². The van der Waals surface area contributed by atoms with Crippen LogP contribution in [-0.4, -0.2) is 6.69 Å². The minimum atomic E-state index is -1.94. The van der Waals surface area contributed by atoms with Crippen LogP contribution in [-0.2, 0) is 0 Å². The van der Waals surface area contributed by atoms with Gasteiger partial charge in [-0.25, -0.2) is 0 Å². The van der Waals surface area contributed by atoms with Crippen molar-refractivity contribution in [3.63, 3.8) is 0 Å². The molecule has 0 amide bonds. The molecule has 0 unspecified atom stereocenters. The van der Waals surface area contributed by atoms with Crippen LogP contribution < -0.4 is 0 Å². The maximum absolute atomic E-state index is 5.69. The summed E-state index contributed by atoms with van der Waals surface area (Å²) in [7, 11) is 0. The first-order chi connectivity index (χ1) is 3.12. The van der Waals surface area contributed by atoms with Crippen molar-refractivity contribution in [2.24, 2.45) is 0 Å². The molecule has 0 spiro atoms. The van der Waals surface area contributed by atoms with Crippen molar-refractivity contribution in [3.05, 3.63) is 12.3 Å². The summed E-state index contributed by atoms with van der Waals surface area (Å²) in [6.07, 6.45) is 0. The van der Waals surface area contributed by atoms with E-state index in [4.69, 9.17) is 22.2 Å². The molecule has 0 nitrogen and oxygen atoms in total. The second-order valence-electron chi connectivity index (χ2n) is 1.32. The summed E-state index contributed by atoms with van der Waals surface area (Å²) in [5.41, 5.74) is 1.66. The van der Waals surface area contributed by atoms with Crippen LogP contribution >= 0.6 is 22.2 Å². The molecule has 0 bridgehead atoms. The molecule has 0 aliphatic rings. The van der Waals surface area contributed by atoms with Crippen molar-refractivity contribution in [3.8, 4) is 0 Å². The van der Waals surface area contributed by atoms with Crippen molar-refractivity contribution in [1.29, 1.82) is 0 Å². The van der Waals surface area contributed by atoms with E-state index in [1.165, 1.54) is 0 Å². The Morgan fingerprint density at radius 3 is 2.14 bits per heavy atom. The predicted molar refractivity (Wildman–Crippen MR) is 38.1 cm³/mol. The number of halogens is 2. The third-order valence-corrected chi connectivity index (χ3v) is 4.84. The monoisotopic (exact) mass is 154 g/mol. The second kappa shape index (κ2) is 2.75. The molecule has 0 aliphatic heterocycles. The molecule has 42 valence electrons. The first kappa shape index (κ1) is 7.54. The van der Waals surface area contributed by atoms with Gasteiger partial charge in [0.25, 0.3) is 6.69 Å². The lowest BCUT2D eigenvalue weighted by Crippen LogP contribution is -2.11. The lowest BCUT2D eigenvalue weighted by molar-refractivity contribution is 1.45. The van der Waals surface area contributed by atoms with Crippen LogP contribution in [0.4, 0.5) is 0 Å². The summed E-state index contributed by atoms with van der Waals surface area (Å²) in [5, 5.41) is 0. The molecule has 0 aliphatic carbocycles. The molecule has 3 heteroatoms. The van der Waals surface area contributed by atoms with Gasteiger partial charge in [-0.1, -0.05) is 12.6 Å². The predicted octanol–water partition coefficient (Wildman–Crippen LogP) is 2.65. The average Bonchev–Trinajstić information content (AvgIpc) is 1.68. The van der Waals surface area contributed by atoms with Gasteiger partial charge in [-0.2, -0.15) is 0 Å². The van der Waals surface area contributed by atoms with E-state index in [-0.39, 0.29) is 0 Å². The van der Waals surface area contributed by atoms with E-state index in [0.717, 1.165) is 6.04 Å². The Kier molecular flexibility index (Phi) is 2.96. The van der Waals surface area contributed by atoms with Crippen LogP contribution in [0.3, 0.4) is 0 Å². The molecule has 0 N–H and O–H groups in total. The van der Waals surface area contributed by atoms with E-state index >= 15 is 0 Å². The summed E-state index contributed by atoms with van der Waals surface area (Å²) < 4.78 is 0. The molecule has 0 radical (unpaired) electrons. The first-order valence-corrected chi connectivity index (χ1v) is 6.44. The molecule has 0 fully saturated rings. The molecule has 0 aromatic heterocycles. The first-order valence-electron chi connectivity index (χ1n) is 2.14. The Morgan fingerprint density at radius 2 is 2.14 bits per heavy atom. The van der Waals surface area contributed by atoms with Gasteiger partial charge in [-0.15, -0.1) is 28.7 Å². The fraction of sp³-hybridized carbons (Fsp3) is 0.500. The third-order valence-electron chi connectivity index (χ3n) is 0.770. The van der Waals surface area contributed by atoms with Gasteiger partial charge in [0.15, 0.2) is 0 Å². The van der Waals surface area contributed by atoms with Crippen molar-refractivity contribution in [1.82, 2.24) is 0 Å². The summed E-state index contributed by atoms with van der Waals surface area (Å²) in [4.78, 5) is 0. The number of rotatable bonds is 2. The van der Waals surface area contributed by atoms with Crippen molar-refractivity contribution in [2.75, 3.05) is 0 Å². The van der Waals surface area contributed by atoms with E-state index in [9.17, 15) is 0 Å². The highest BCUT2D eigenvalue weighted by Crippen LogP contribution is 2.19. The Bertz CT molecular complexity index is 70.1. The van der Waals surface area contributed by atoms with Gasteiger partial charge in [0.05, 0.1) is 0 Å². The highest BCUT2D eigenvalue weighted by Gasteiger charge is 2.19. The van der Waals surface area contributed by atoms with Gasteiger partial charge < -0.3 is 0 Å². The Balaban J connectivity index is 3.58. The van der Waals surface area contributed by atoms with Crippen LogP contribution in [0.5, 0.6) is 0 Å². The molecular weight excluding hydrogens is 147 g/mol. The molecule has 7 heavy (non-hydrogen) atoms. The Morgan fingerprint density at radius 1 is 1.71 bits per heavy atom. The van der Waals surface area contributed by atoms with Crippen LogP contribution in [0.2, 0.25) is 6.04 Å². The zero-order valence-corrected chi connectivity index (χ0v) is 6.76. The quantitative estimate of drug-likeness (QED) is 0.424. The van der Waals surface area contributed by atoms with Crippen LogP contribution in [0.15, 0.2) is 12.3 Å². The standard InChI is InChI=1S/C4H8Cl2Si/c1-3-7(5,6)4-2/h3H,1,4H2,2H3. The van der Waals surface area contributed by atoms with Gasteiger partial charge in [0, 0.05) is 0 Å². The summed E-state index contributed by atoms with van der Waals surface area (Å²) in [6, 6.07) is 0.847. The average molecular weight is 155 g/mol. The van der Waals surface area contributed by atoms with Gasteiger partial charge in [0.1, 0.15) is 0 Å². The minimum Gasteiger partial charge on any atom is -0.140 e. The van der Waals surface area contributed by atoms with Crippen molar-refractivity contribution >= 4 is 28.9 Å². The number of hydrogen-bond donors (Lipinski definition) is 0. The van der Waals surface area contributed by atoms with Crippen LogP contribution in [0, 0.1) is 0 Å². The maximum atomic E-state index is 5.69. The zero-order chi connectivity index (χ0) is 5.91. The molecule has 0 atom stereocenters. The van der Waals surface area contributed by atoms with E-state index in [2.05, 4.69) is 6.58 Å². The molecule has 0 saturated carbocycles. The van der Waals surface area contributed by atoms with E-state index in [0.29, 0.717) is 0 Å². The topological polar surface area (TPSA) is 0 Å². The van der Waals surface area contributed by atoms with E-state index in [1.54, 1.807) is 5.70 Å². The van der Waals surface area contributed by atoms with E-state index in [1.807, 2.05) is 6.92 Å². The van der Waals surface area contributed by atoms with Gasteiger partial charge in [-0.05, 0) is 6.04 Å². The zero-order valence-electron chi connectivity index (χ0n) is 4.25. The fourth-order valence-electron chi connectivity index (χ4n) is 0.144. The minimum absolute atomic E-state index is 0.847. The Labute approximate surface area is 54.5 Å². The fourth-order valence-corrected chi connectivity index (χ4v) is 0.433. The molecule has 0 aromatic rings. The second-order valence-corrected chi connectivity index (χ2v) is 8.58. The summed E-state index contributed by atoms with van der Waals surface area (Å²) in [5.74, 6) is 0. The van der Waals surface area contributed by atoms with Gasteiger partial charge in [-0.3, -0.25) is 0 Å². The lowest BCUT2D eigenvalue weighted by atomic mass is 11.0. The molecular formula is C4H8Cl2Si. The smallest absolute Gasteiger partial charge is 0.140 e. The third kappa shape index (κ3) is 3.15. The molecule has 0 heterocycles. The SMILES string of the molecule is C=C[Si](Cl)(Cl)CC. The summed E-state index contributed by atoms with van der Waals surface area (Å²) in [6.45, 7) is 3.52. The highest BCUT2D eigenvalue weighted by atomic mass is 35.7. The largest absolute Gasteiger partial charge is 0.273 e. The molecule has 0 saturated heterocycles. The van der Waals surface area contributed by atoms with Crippen LogP contribution in [0.25, 0.3) is 0 Å².